The zero-order chi connectivity index (χ0) is 18.5. The molecule has 1 atom stereocenters. The lowest BCUT2D eigenvalue weighted by molar-refractivity contribution is 0.160. The summed E-state index contributed by atoms with van der Waals surface area (Å²) in [7, 11) is 1.62. The van der Waals surface area contributed by atoms with Crippen molar-refractivity contribution in [1.82, 2.24) is 4.90 Å². The van der Waals surface area contributed by atoms with E-state index < -0.39 is 11.6 Å². The van der Waals surface area contributed by atoms with Gasteiger partial charge in [-0.05, 0) is 68.5 Å². The second-order valence-electron chi connectivity index (χ2n) is 6.98. The van der Waals surface area contributed by atoms with Gasteiger partial charge in [0.05, 0.1) is 7.11 Å². The molecule has 5 heteroatoms. The lowest BCUT2D eigenvalue weighted by Gasteiger charge is -2.33. The van der Waals surface area contributed by atoms with Crippen LogP contribution in [0.4, 0.5) is 8.78 Å². The number of phenols is 1. The largest absolute Gasteiger partial charge is 0.508 e. The second-order valence-corrected chi connectivity index (χ2v) is 6.98. The van der Waals surface area contributed by atoms with Gasteiger partial charge in [0.2, 0.25) is 0 Å². The van der Waals surface area contributed by atoms with E-state index in [0.717, 1.165) is 43.7 Å². The van der Waals surface area contributed by atoms with E-state index in [-0.39, 0.29) is 11.3 Å². The Labute approximate surface area is 153 Å². The van der Waals surface area contributed by atoms with Gasteiger partial charge in [-0.2, -0.15) is 0 Å². The number of hydrogen-bond acceptors (Lipinski definition) is 3. The van der Waals surface area contributed by atoms with Crippen molar-refractivity contribution in [2.24, 2.45) is 5.92 Å². The van der Waals surface area contributed by atoms with E-state index in [1.54, 1.807) is 25.3 Å². The highest BCUT2D eigenvalue weighted by atomic mass is 19.1. The first kappa shape index (κ1) is 18.6. The van der Waals surface area contributed by atoms with E-state index in [1.807, 2.05) is 0 Å². The molecular weight excluding hydrogens is 336 g/mol. The van der Waals surface area contributed by atoms with Gasteiger partial charge in [-0.15, -0.1) is 0 Å². The van der Waals surface area contributed by atoms with E-state index in [2.05, 4.69) is 4.90 Å². The first-order valence-electron chi connectivity index (χ1n) is 9.08. The first-order chi connectivity index (χ1) is 12.6. The topological polar surface area (TPSA) is 32.7 Å². The van der Waals surface area contributed by atoms with Crippen molar-refractivity contribution in [3.63, 3.8) is 0 Å². The van der Waals surface area contributed by atoms with Crippen LogP contribution in [0, 0.1) is 17.6 Å². The molecule has 0 aromatic heterocycles. The highest BCUT2D eigenvalue weighted by molar-refractivity contribution is 5.39. The molecule has 1 saturated heterocycles. The van der Waals surface area contributed by atoms with Crippen LogP contribution in [-0.4, -0.2) is 30.2 Å². The van der Waals surface area contributed by atoms with E-state index in [4.69, 9.17) is 4.74 Å². The number of methoxy groups -OCH3 is 1. The van der Waals surface area contributed by atoms with E-state index in [1.165, 1.54) is 18.2 Å². The molecule has 26 heavy (non-hydrogen) atoms. The number of ether oxygens (including phenoxy) is 1. The number of halogens is 2. The maximum absolute atomic E-state index is 13.8. The van der Waals surface area contributed by atoms with Crippen molar-refractivity contribution in [2.45, 2.75) is 32.2 Å². The van der Waals surface area contributed by atoms with Crippen molar-refractivity contribution in [2.75, 3.05) is 20.2 Å². The van der Waals surface area contributed by atoms with Crippen LogP contribution < -0.4 is 4.74 Å². The number of hydrogen-bond donors (Lipinski definition) is 1. The highest BCUT2D eigenvalue weighted by Gasteiger charge is 2.22. The Morgan fingerprint density at radius 3 is 2.69 bits per heavy atom. The third-order valence-corrected chi connectivity index (χ3v) is 5.13. The maximum Gasteiger partial charge on any atom is 0.129 e. The number of piperidine rings is 1. The minimum absolute atomic E-state index is 0.194. The summed E-state index contributed by atoms with van der Waals surface area (Å²) in [5.74, 6) is 0.484. The number of aromatic hydroxyl groups is 1. The van der Waals surface area contributed by atoms with Crippen molar-refractivity contribution in [1.29, 1.82) is 0 Å². The van der Waals surface area contributed by atoms with Crippen LogP contribution in [-0.2, 0) is 13.0 Å². The summed E-state index contributed by atoms with van der Waals surface area (Å²) >= 11 is 0. The molecule has 0 unspecified atom stereocenters. The molecule has 1 N–H and O–H groups in total. The van der Waals surface area contributed by atoms with Crippen LogP contribution in [0.3, 0.4) is 0 Å². The number of benzene rings is 2. The molecule has 0 aliphatic carbocycles. The molecule has 1 aliphatic rings. The van der Waals surface area contributed by atoms with Crippen molar-refractivity contribution in [3.05, 3.63) is 59.2 Å². The monoisotopic (exact) mass is 361 g/mol. The zero-order valence-corrected chi connectivity index (χ0v) is 15.0. The highest BCUT2D eigenvalue weighted by Crippen LogP contribution is 2.28. The average Bonchev–Trinajstić information content (AvgIpc) is 2.62. The van der Waals surface area contributed by atoms with Gasteiger partial charge in [0, 0.05) is 24.2 Å². The molecule has 1 fully saturated rings. The van der Waals surface area contributed by atoms with Crippen LogP contribution in [0.25, 0.3) is 0 Å². The van der Waals surface area contributed by atoms with Gasteiger partial charge in [0.15, 0.2) is 0 Å². The molecule has 1 aliphatic heterocycles. The van der Waals surface area contributed by atoms with Gasteiger partial charge in [-0.3, -0.25) is 4.90 Å². The summed E-state index contributed by atoms with van der Waals surface area (Å²) in [6.45, 7) is 2.56. The molecule has 3 rings (SSSR count). The molecule has 0 radical (unpaired) electrons. The molecule has 0 spiro atoms. The summed E-state index contributed by atoms with van der Waals surface area (Å²) < 4.78 is 33.0. The summed E-state index contributed by atoms with van der Waals surface area (Å²) in [4.78, 5) is 2.32. The van der Waals surface area contributed by atoms with Gasteiger partial charge in [-0.25, -0.2) is 8.78 Å². The normalized spacial score (nSPS) is 18.0. The lowest BCUT2D eigenvalue weighted by atomic mass is 9.91. The Bertz CT molecular complexity index is 731. The van der Waals surface area contributed by atoms with E-state index in [9.17, 15) is 13.9 Å². The Morgan fingerprint density at radius 2 is 1.96 bits per heavy atom. The average molecular weight is 361 g/mol. The van der Waals surface area contributed by atoms with Gasteiger partial charge in [-0.1, -0.05) is 6.07 Å². The Hall–Kier alpha value is -2.14. The summed E-state index contributed by atoms with van der Waals surface area (Å²) in [6, 6.07) is 9.16. The summed E-state index contributed by atoms with van der Waals surface area (Å²) in [6.07, 6.45) is 3.33. The predicted octanol–water partition coefficient (Wildman–Crippen LogP) is 4.52. The minimum atomic E-state index is -0.456. The van der Waals surface area contributed by atoms with Crippen LogP contribution in [0.2, 0.25) is 0 Å². The van der Waals surface area contributed by atoms with Crippen LogP contribution >= 0.6 is 0 Å². The Kier molecular flexibility index (Phi) is 6.09. The lowest BCUT2D eigenvalue weighted by Crippen LogP contribution is -2.35. The van der Waals surface area contributed by atoms with Crippen LogP contribution in [0.15, 0.2) is 36.4 Å². The molecule has 0 bridgehead atoms. The third-order valence-electron chi connectivity index (χ3n) is 5.13. The van der Waals surface area contributed by atoms with Gasteiger partial charge in [0.1, 0.15) is 23.1 Å². The molecular formula is C21H25F2NO2. The number of nitrogens with zero attached hydrogens (tertiary/aromatic N) is 1. The standard InChI is InChI=1S/C21H25F2NO2/c1-26-21-10-8-17(25)12-16(21)14-24-11-3-4-15(13-24)7-9-18-19(22)5-2-6-20(18)23/h2,5-6,8,10,12,15,25H,3-4,7,9,11,13-14H2,1H3/t15-/m0/s1. The number of likely N-dealkylation sites (tertiary alicyclic amines) is 1. The van der Waals surface area contributed by atoms with Crippen molar-refractivity contribution >= 4 is 0 Å². The molecule has 0 amide bonds. The van der Waals surface area contributed by atoms with Crippen LogP contribution in [0.1, 0.15) is 30.4 Å². The number of phenolic OH excluding ortho intramolecular Hbond substituents is 1. The smallest absolute Gasteiger partial charge is 0.129 e. The quantitative estimate of drug-likeness (QED) is 0.821. The fourth-order valence-corrected chi connectivity index (χ4v) is 3.78. The predicted molar refractivity (Wildman–Crippen MR) is 97.3 cm³/mol. The third kappa shape index (κ3) is 4.52. The second kappa shape index (κ2) is 8.49. The fourth-order valence-electron chi connectivity index (χ4n) is 3.78. The molecule has 1 heterocycles. The van der Waals surface area contributed by atoms with Gasteiger partial charge in [0.25, 0.3) is 0 Å². The van der Waals surface area contributed by atoms with Gasteiger partial charge < -0.3 is 9.84 Å². The molecule has 3 nitrogen and oxygen atoms in total. The Morgan fingerprint density at radius 1 is 1.19 bits per heavy atom. The van der Waals surface area contributed by atoms with Crippen LogP contribution in [0.5, 0.6) is 11.5 Å². The minimum Gasteiger partial charge on any atom is -0.508 e. The summed E-state index contributed by atoms with van der Waals surface area (Å²) in [5.41, 5.74) is 1.15. The van der Waals surface area contributed by atoms with Crippen molar-refractivity contribution in [3.8, 4) is 11.5 Å². The number of rotatable bonds is 6. The zero-order valence-electron chi connectivity index (χ0n) is 15.0. The first-order valence-corrected chi connectivity index (χ1v) is 9.08. The molecule has 140 valence electrons. The summed E-state index contributed by atoms with van der Waals surface area (Å²) in [5, 5.41) is 9.73. The fraction of sp³-hybridized carbons (Fsp3) is 0.429. The molecule has 2 aromatic carbocycles. The van der Waals surface area contributed by atoms with Crippen molar-refractivity contribution < 1.29 is 18.6 Å². The maximum atomic E-state index is 13.8. The van der Waals surface area contributed by atoms with E-state index in [0.29, 0.717) is 18.9 Å². The molecule has 0 saturated carbocycles. The van der Waals surface area contributed by atoms with E-state index >= 15 is 0 Å². The SMILES string of the molecule is COc1ccc(O)cc1CN1CCC[C@@H](CCc2c(F)cccc2F)C1. The molecule has 2 aromatic rings. The van der Waals surface area contributed by atoms with Gasteiger partial charge >= 0.3 is 0 Å². The Balaban J connectivity index is 1.60.